The Hall–Kier alpha value is -3.20. The van der Waals surface area contributed by atoms with Gasteiger partial charge in [-0.05, 0) is 39.5 Å². The van der Waals surface area contributed by atoms with Crippen molar-refractivity contribution in [3.05, 3.63) is 71.4 Å². The molecule has 0 aliphatic heterocycles. The van der Waals surface area contributed by atoms with Gasteiger partial charge < -0.3 is 5.48 Å². The summed E-state index contributed by atoms with van der Waals surface area (Å²) in [7, 11) is 0. The fourth-order valence-electron chi connectivity index (χ4n) is 2.60. The molecule has 2 heterocycles. The maximum atomic E-state index is 12.7. The van der Waals surface area contributed by atoms with Gasteiger partial charge in [-0.1, -0.05) is 18.2 Å². The average molecular weight is 348 g/mol. The molecule has 1 N–H and O–H groups in total. The summed E-state index contributed by atoms with van der Waals surface area (Å²) in [6.45, 7) is 0. The summed E-state index contributed by atoms with van der Waals surface area (Å²) in [6.07, 6.45) is -1.30. The molecule has 128 valence electrons. The van der Waals surface area contributed by atoms with Crippen LogP contribution in [0.4, 0.5) is 13.2 Å². The van der Waals surface area contributed by atoms with Crippen molar-refractivity contribution in [3.8, 4) is 5.69 Å². The van der Waals surface area contributed by atoms with Crippen LogP contribution >= 0.6 is 0 Å². The number of aromatic nitrogens is 4. The van der Waals surface area contributed by atoms with Crippen LogP contribution in [-0.4, -0.2) is 19.7 Å². The average Bonchev–Trinajstić information content (AvgIpc) is 2.91. The Kier molecular flexibility index (Phi) is 3.80. The van der Waals surface area contributed by atoms with Gasteiger partial charge in [0.2, 0.25) is 5.65 Å². The van der Waals surface area contributed by atoms with E-state index in [-0.39, 0.29) is 5.48 Å². The van der Waals surface area contributed by atoms with Gasteiger partial charge in [0.15, 0.2) is 0 Å². The van der Waals surface area contributed by atoms with E-state index in [0.29, 0.717) is 21.5 Å². The SMILES string of the molecule is O=[n+]1n(-c2ccc(C(F)(F)F)cc2)cc2ncc3ccccc3n21.[OH-]. The summed E-state index contributed by atoms with van der Waals surface area (Å²) in [4.78, 5) is 16.8. The van der Waals surface area contributed by atoms with Gasteiger partial charge in [0.05, 0.1) is 10.5 Å². The van der Waals surface area contributed by atoms with Crippen molar-refractivity contribution in [3.63, 3.8) is 0 Å². The molecular weight excluding hydrogens is 337 g/mol. The quantitative estimate of drug-likeness (QED) is 0.496. The van der Waals surface area contributed by atoms with Gasteiger partial charge in [0.1, 0.15) is 17.4 Å². The molecule has 6 nitrogen and oxygen atoms in total. The summed E-state index contributed by atoms with van der Waals surface area (Å²) in [5.41, 5.74) is 0.593. The summed E-state index contributed by atoms with van der Waals surface area (Å²) in [6, 6.07) is 11.6. The monoisotopic (exact) mass is 348 g/mol. The molecule has 2 aromatic heterocycles. The van der Waals surface area contributed by atoms with Gasteiger partial charge in [-0.15, -0.1) is 0 Å². The molecule has 0 saturated heterocycles. The van der Waals surface area contributed by atoms with E-state index >= 15 is 0 Å². The van der Waals surface area contributed by atoms with Gasteiger partial charge in [-0.25, -0.2) is 4.98 Å². The maximum Gasteiger partial charge on any atom is 0.416 e. The Bertz CT molecular complexity index is 1110. The second-order valence-corrected chi connectivity index (χ2v) is 5.26. The first-order valence-corrected chi connectivity index (χ1v) is 7.04. The minimum Gasteiger partial charge on any atom is -0.870 e. The molecule has 9 heteroatoms. The second kappa shape index (κ2) is 5.71. The number of benzene rings is 2. The highest BCUT2D eigenvalue weighted by molar-refractivity contribution is 5.79. The van der Waals surface area contributed by atoms with Crippen LogP contribution in [0.25, 0.3) is 22.2 Å². The van der Waals surface area contributed by atoms with Crippen LogP contribution in [0.5, 0.6) is 0 Å². The molecule has 0 fully saturated rings. The summed E-state index contributed by atoms with van der Waals surface area (Å²) < 4.78 is 41.1. The minimum absolute atomic E-state index is 0. The van der Waals surface area contributed by atoms with Crippen LogP contribution in [0.15, 0.2) is 60.9 Å². The van der Waals surface area contributed by atoms with E-state index in [1.54, 1.807) is 18.3 Å². The first-order chi connectivity index (χ1) is 11.4. The molecule has 4 aromatic rings. The lowest BCUT2D eigenvalue weighted by Crippen LogP contribution is -2.32. The van der Waals surface area contributed by atoms with E-state index in [0.717, 1.165) is 17.5 Å². The molecule has 0 spiro atoms. The lowest BCUT2D eigenvalue weighted by atomic mass is 10.2. The molecule has 0 unspecified atom stereocenters. The van der Waals surface area contributed by atoms with Crippen molar-refractivity contribution in [1.29, 1.82) is 0 Å². The zero-order chi connectivity index (χ0) is 16.9. The third-order valence-electron chi connectivity index (χ3n) is 3.77. The van der Waals surface area contributed by atoms with Crippen molar-refractivity contribution in [2.45, 2.75) is 6.18 Å². The van der Waals surface area contributed by atoms with Crippen LogP contribution in [0.2, 0.25) is 0 Å². The fourth-order valence-corrected chi connectivity index (χ4v) is 2.60. The van der Waals surface area contributed by atoms with Crippen LogP contribution in [0.3, 0.4) is 0 Å². The van der Waals surface area contributed by atoms with Crippen molar-refractivity contribution in [2.75, 3.05) is 0 Å². The van der Waals surface area contributed by atoms with E-state index in [2.05, 4.69) is 4.98 Å². The normalized spacial score (nSPS) is 11.6. The lowest BCUT2D eigenvalue weighted by Gasteiger charge is -2.05. The second-order valence-electron chi connectivity index (χ2n) is 5.26. The zero-order valence-corrected chi connectivity index (χ0v) is 12.6. The van der Waals surface area contributed by atoms with Crippen LogP contribution in [-0.2, 0) is 6.18 Å². The van der Waals surface area contributed by atoms with Crippen molar-refractivity contribution < 1.29 is 23.3 Å². The number of halogens is 3. The van der Waals surface area contributed by atoms with Crippen molar-refractivity contribution >= 4 is 16.6 Å². The van der Waals surface area contributed by atoms with Crippen LogP contribution in [0, 0.1) is 4.91 Å². The number of hydrogen-bond acceptors (Lipinski definition) is 3. The standard InChI is InChI=1S/C16H10F3N4O.H2O/c17-16(18,19)12-5-7-13(8-6-12)21-10-15-20-9-11-3-1-2-4-14(11)22(15)23(21)24;/h1-10H;1H2/q+1;/p-1. The van der Waals surface area contributed by atoms with Gasteiger partial charge in [-0.2, -0.15) is 13.2 Å². The minimum atomic E-state index is -4.42. The van der Waals surface area contributed by atoms with Crippen molar-refractivity contribution in [1.82, 2.24) is 14.2 Å². The summed E-state index contributed by atoms with van der Waals surface area (Å²) in [5, 5.41) is 0.782. The van der Waals surface area contributed by atoms with E-state index in [1.165, 1.54) is 27.5 Å². The van der Waals surface area contributed by atoms with E-state index in [1.807, 2.05) is 12.1 Å². The molecule has 0 aliphatic rings. The highest BCUT2D eigenvalue weighted by Gasteiger charge is 2.30. The Balaban J connectivity index is 0.00000182. The third-order valence-corrected chi connectivity index (χ3v) is 3.77. The topological polar surface area (TPSA) is 75.2 Å². The maximum absolute atomic E-state index is 12.7. The third kappa shape index (κ3) is 2.64. The van der Waals surface area contributed by atoms with Gasteiger partial charge in [0.25, 0.3) is 4.66 Å². The Morgan fingerprint density at radius 3 is 2.36 bits per heavy atom. The molecule has 2 aromatic carbocycles. The molecule has 0 atom stereocenters. The predicted octanol–water partition coefficient (Wildman–Crippen LogP) is 3.03. The molecule has 0 radical (unpaired) electrons. The largest absolute Gasteiger partial charge is 0.870 e. The number of nitrogens with zero attached hydrogens (tertiary/aromatic N) is 4. The smallest absolute Gasteiger partial charge is 0.416 e. The Labute approximate surface area is 138 Å². The molecule has 25 heavy (non-hydrogen) atoms. The molecule has 0 bridgehead atoms. The highest BCUT2D eigenvalue weighted by atomic mass is 19.4. The van der Waals surface area contributed by atoms with Gasteiger partial charge >= 0.3 is 6.18 Å². The highest BCUT2D eigenvalue weighted by Crippen LogP contribution is 2.29. The van der Waals surface area contributed by atoms with E-state index < -0.39 is 11.7 Å². The first-order valence-electron chi connectivity index (χ1n) is 7.04. The number of para-hydroxylation sites is 1. The Morgan fingerprint density at radius 2 is 1.68 bits per heavy atom. The molecular formula is C16H11F3N4O2. The van der Waals surface area contributed by atoms with Gasteiger partial charge in [0, 0.05) is 11.6 Å². The molecule has 0 amide bonds. The molecule has 0 saturated carbocycles. The summed E-state index contributed by atoms with van der Waals surface area (Å²) in [5.74, 6) is 0. The molecule has 0 aliphatic carbocycles. The molecule has 4 rings (SSSR count). The number of hydrogen-bond donors (Lipinski definition) is 0. The number of rotatable bonds is 1. The Morgan fingerprint density at radius 1 is 1.00 bits per heavy atom. The lowest BCUT2D eigenvalue weighted by molar-refractivity contribution is -0.651. The van der Waals surface area contributed by atoms with Crippen LogP contribution < -0.4 is 4.66 Å². The summed E-state index contributed by atoms with van der Waals surface area (Å²) >= 11 is 0. The predicted molar refractivity (Wildman–Crippen MR) is 82.3 cm³/mol. The van der Waals surface area contributed by atoms with E-state index in [9.17, 15) is 18.1 Å². The van der Waals surface area contributed by atoms with Crippen LogP contribution in [0.1, 0.15) is 5.56 Å². The zero-order valence-electron chi connectivity index (χ0n) is 12.6. The van der Waals surface area contributed by atoms with Crippen molar-refractivity contribution in [2.24, 2.45) is 0 Å². The number of fused-ring (bicyclic) bond motifs is 3. The van der Waals surface area contributed by atoms with E-state index in [4.69, 9.17) is 0 Å². The number of alkyl halides is 3. The first kappa shape index (κ1) is 16.7. The fraction of sp³-hybridized carbons (Fsp3) is 0.0625. The van der Waals surface area contributed by atoms with Gasteiger partial charge in [-0.3, -0.25) is 0 Å².